The number of aromatic nitrogens is 1. The van der Waals surface area contributed by atoms with Crippen LogP contribution in [0.25, 0.3) is 22.2 Å². The third-order valence-electron chi connectivity index (χ3n) is 6.70. The summed E-state index contributed by atoms with van der Waals surface area (Å²) in [6.07, 6.45) is 12.0. The summed E-state index contributed by atoms with van der Waals surface area (Å²) < 4.78 is 13.4. The Morgan fingerprint density at radius 2 is 1.30 bits per heavy atom. The fourth-order valence-electron chi connectivity index (χ4n) is 4.79. The lowest BCUT2D eigenvalue weighted by Crippen LogP contribution is -2.06. The van der Waals surface area contributed by atoms with Crippen molar-refractivity contribution in [3.05, 3.63) is 48.0 Å². The highest BCUT2D eigenvalue weighted by atomic mass is 16.5. The minimum Gasteiger partial charge on any atom is -0.497 e. The number of fused-ring (bicyclic) bond motifs is 1. The Morgan fingerprint density at radius 3 is 1.91 bits per heavy atom. The maximum Gasteiger partial charge on any atom is 0.119 e. The van der Waals surface area contributed by atoms with E-state index in [0.29, 0.717) is 0 Å². The van der Waals surface area contributed by atoms with E-state index in [0.717, 1.165) is 24.6 Å². The van der Waals surface area contributed by atoms with Crippen molar-refractivity contribution >= 4 is 10.9 Å². The number of rotatable bonds is 15. The van der Waals surface area contributed by atoms with Crippen molar-refractivity contribution in [2.45, 2.75) is 71.3 Å². The van der Waals surface area contributed by atoms with Gasteiger partial charge in [0.25, 0.3) is 0 Å². The molecule has 4 nitrogen and oxygen atoms in total. The fraction of sp³-hybridized carbons (Fsp3) is 0.517. The van der Waals surface area contributed by atoms with Gasteiger partial charge in [0.1, 0.15) is 11.5 Å². The van der Waals surface area contributed by atoms with Gasteiger partial charge in [-0.2, -0.15) is 0 Å². The number of unbranched alkanes of at least 4 members (excludes halogenated alkanes) is 8. The molecule has 0 fully saturated rings. The first-order valence-electron chi connectivity index (χ1n) is 12.7. The molecule has 0 atom stereocenters. The quantitative estimate of drug-likeness (QED) is 0.246. The molecule has 0 spiro atoms. The Hall–Kier alpha value is -2.46. The first kappa shape index (κ1) is 25.2. The zero-order chi connectivity index (χ0) is 23.5. The molecular formula is C29H42N2O2. The van der Waals surface area contributed by atoms with Crippen molar-refractivity contribution in [1.29, 1.82) is 0 Å². The minimum atomic E-state index is 0.891. The number of nitrogens with zero attached hydrogens (tertiary/aromatic N) is 1. The van der Waals surface area contributed by atoms with Crippen LogP contribution in [-0.4, -0.2) is 32.4 Å². The molecular weight excluding hydrogens is 408 g/mol. The zero-order valence-corrected chi connectivity index (χ0v) is 21.1. The Bertz CT molecular complexity index is 975. The van der Waals surface area contributed by atoms with E-state index in [-0.39, 0.29) is 0 Å². The summed E-state index contributed by atoms with van der Waals surface area (Å²) in [6, 6.07) is 14.9. The van der Waals surface area contributed by atoms with E-state index < -0.39 is 0 Å². The number of aryl methyl sites for hydroxylation is 2. The molecule has 1 N–H and O–H groups in total. The van der Waals surface area contributed by atoms with Crippen molar-refractivity contribution in [2.75, 3.05) is 27.8 Å². The molecule has 0 aliphatic carbocycles. The maximum absolute atomic E-state index is 5.51. The summed E-state index contributed by atoms with van der Waals surface area (Å²) in [7, 11) is 5.49. The molecule has 1 heterocycles. The summed E-state index contributed by atoms with van der Waals surface area (Å²) in [6.45, 7) is 4.43. The summed E-state index contributed by atoms with van der Waals surface area (Å²) >= 11 is 0. The van der Waals surface area contributed by atoms with Gasteiger partial charge in [-0.1, -0.05) is 44.9 Å². The molecule has 33 heavy (non-hydrogen) atoms. The molecule has 0 saturated heterocycles. The van der Waals surface area contributed by atoms with Gasteiger partial charge in [0.15, 0.2) is 0 Å². The largest absolute Gasteiger partial charge is 0.497 e. The average Bonchev–Trinajstić information content (AvgIpc) is 3.13. The third-order valence-corrected chi connectivity index (χ3v) is 6.70. The Morgan fingerprint density at radius 1 is 0.727 bits per heavy atom. The van der Waals surface area contributed by atoms with Gasteiger partial charge in [-0.25, -0.2) is 0 Å². The molecule has 0 bridgehead atoms. The van der Waals surface area contributed by atoms with Crippen molar-refractivity contribution in [3.63, 3.8) is 0 Å². The molecule has 0 aliphatic rings. The van der Waals surface area contributed by atoms with E-state index in [1.807, 2.05) is 7.05 Å². The highest BCUT2D eigenvalue weighted by molar-refractivity contribution is 5.92. The topological polar surface area (TPSA) is 35.4 Å². The smallest absolute Gasteiger partial charge is 0.119 e. The zero-order valence-electron chi connectivity index (χ0n) is 21.1. The second-order valence-corrected chi connectivity index (χ2v) is 9.02. The van der Waals surface area contributed by atoms with Gasteiger partial charge in [0, 0.05) is 17.4 Å². The van der Waals surface area contributed by atoms with Gasteiger partial charge in [0.05, 0.1) is 19.9 Å². The lowest BCUT2D eigenvalue weighted by Gasteiger charge is -2.13. The predicted octanol–water partition coefficient (Wildman–Crippen LogP) is 7.36. The van der Waals surface area contributed by atoms with Crippen molar-refractivity contribution in [3.8, 4) is 22.8 Å². The van der Waals surface area contributed by atoms with E-state index in [1.165, 1.54) is 85.5 Å². The molecule has 0 amide bonds. The molecule has 2 aromatic carbocycles. The number of hydrogen-bond acceptors (Lipinski definition) is 3. The number of methoxy groups -OCH3 is 2. The van der Waals surface area contributed by atoms with Crippen LogP contribution >= 0.6 is 0 Å². The number of ether oxygens (including phenoxy) is 2. The van der Waals surface area contributed by atoms with Crippen LogP contribution in [0.1, 0.15) is 63.4 Å². The molecule has 1 aromatic heterocycles. The number of benzene rings is 2. The maximum atomic E-state index is 5.51. The fourth-order valence-corrected chi connectivity index (χ4v) is 4.79. The third kappa shape index (κ3) is 6.77. The monoisotopic (exact) mass is 450 g/mol. The van der Waals surface area contributed by atoms with Crippen LogP contribution in [0, 0.1) is 6.92 Å². The van der Waals surface area contributed by atoms with Gasteiger partial charge >= 0.3 is 0 Å². The summed E-state index contributed by atoms with van der Waals surface area (Å²) in [4.78, 5) is 0. The lowest BCUT2D eigenvalue weighted by molar-refractivity contribution is 0.415. The molecule has 0 saturated carbocycles. The van der Waals surface area contributed by atoms with Crippen LogP contribution < -0.4 is 14.8 Å². The van der Waals surface area contributed by atoms with Crippen LogP contribution in [0.3, 0.4) is 0 Å². The molecule has 0 unspecified atom stereocenters. The van der Waals surface area contributed by atoms with Crippen LogP contribution in [0.2, 0.25) is 0 Å². The molecule has 3 aromatic rings. The SMILES string of the molecule is CNCCCCCCCCCCCn1c(-c2ccc(OC)cc2)c(C)c2cc(OC)ccc21. The van der Waals surface area contributed by atoms with Crippen molar-refractivity contribution in [1.82, 2.24) is 9.88 Å². The predicted molar refractivity (Wildman–Crippen MR) is 141 cm³/mol. The molecule has 0 radical (unpaired) electrons. The van der Waals surface area contributed by atoms with E-state index >= 15 is 0 Å². The van der Waals surface area contributed by atoms with Crippen molar-refractivity contribution < 1.29 is 9.47 Å². The first-order chi connectivity index (χ1) is 16.2. The molecule has 180 valence electrons. The summed E-state index contributed by atoms with van der Waals surface area (Å²) in [5, 5.41) is 4.51. The Kier molecular flexibility index (Phi) is 10.1. The summed E-state index contributed by atoms with van der Waals surface area (Å²) in [5.74, 6) is 1.80. The van der Waals surface area contributed by atoms with Crippen LogP contribution in [0.4, 0.5) is 0 Å². The van der Waals surface area contributed by atoms with Gasteiger partial charge in [-0.05, 0) is 86.9 Å². The lowest BCUT2D eigenvalue weighted by atomic mass is 10.1. The Balaban J connectivity index is 1.63. The van der Waals surface area contributed by atoms with Crippen molar-refractivity contribution in [2.24, 2.45) is 0 Å². The van der Waals surface area contributed by atoms with Crippen LogP contribution in [0.15, 0.2) is 42.5 Å². The molecule has 0 aliphatic heterocycles. The molecule has 3 rings (SSSR count). The highest BCUT2D eigenvalue weighted by Crippen LogP contribution is 2.36. The van der Waals surface area contributed by atoms with E-state index in [1.54, 1.807) is 14.2 Å². The van der Waals surface area contributed by atoms with Gasteiger partial charge in [-0.15, -0.1) is 0 Å². The van der Waals surface area contributed by atoms with Gasteiger partial charge in [-0.3, -0.25) is 0 Å². The van der Waals surface area contributed by atoms with Gasteiger partial charge < -0.3 is 19.4 Å². The van der Waals surface area contributed by atoms with E-state index in [9.17, 15) is 0 Å². The number of hydrogen-bond donors (Lipinski definition) is 1. The molecule has 4 heteroatoms. The van der Waals surface area contributed by atoms with E-state index in [2.05, 4.69) is 59.3 Å². The normalized spacial score (nSPS) is 11.3. The number of nitrogens with one attached hydrogen (secondary N) is 1. The van der Waals surface area contributed by atoms with Gasteiger partial charge in [0.2, 0.25) is 0 Å². The second-order valence-electron chi connectivity index (χ2n) is 9.02. The van der Waals surface area contributed by atoms with Crippen LogP contribution in [0.5, 0.6) is 11.5 Å². The first-order valence-corrected chi connectivity index (χ1v) is 12.7. The average molecular weight is 451 g/mol. The highest BCUT2D eigenvalue weighted by Gasteiger charge is 2.16. The van der Waals surface area contributed by atoms with Crippen LogP contribution in [-0.2, 0) is 6.54 Å². The summed E-state index contributed by atoms with van der Waals surface area (Å²) in [5.41, 5.74) is 5.15. The minimum absolute atomic E-state index is 0.891. The standard InChI is InChI=1S/C29H42N2O2/c1-23-27-22-26(33-4)18-19-28(27)31(29(23)24-14-16-25(32-3)17-15-24)21-13-11-9-7-5-6-8-10-12-20-30-2/h14-19,22,30H,5-13,20-21H2,1-4H3. The second kappa shape index (κ2) is 13.3. The van der Waals surface area contributed by atoms with E-state index in [4.69, 9.17) is 9.47 Å². The Labute approximate surface area is 200 Å².